The van der Waals surface area contributed by atoms with E-state index in [2.05, 4.69) is 10.3 Å². The van der Waals surface area contributed by atoms with Crippen LogP contribution in [-0.4, -0.2) is 35.5 Å². The zero-order valence-electron chi connectivity index (χ0n) is 12.4. The molecule has 0 radical (unpaired) electrons. The highest BCUT2D eigenvalue weighted by Crippen LogP contribution is 2.33. The third kappa shape index (κ3) is 3.56. The maximum Gasteiger partial charge on any atom is 0.433 e. The smallest absolute Gasteiger partial charge is 0.388 e. The maximum atomic E-state index is 13.0. The van der Waals surface area contributed by atoms with E-state index in [9.17, 15) is 18.3 Å². The molecule has 23 heavy (non-hydrogen) atoms. The molecule has 2 N–H and O–H groups in total. The Morgan fingerprint density at radius 1 is 1.22 bits per heavy atom. The average Bonchev–Trinajstić information content (AvgIpc) is 2.52. The van der Waals surface area contributed by atoms with Crippen LogP contribution >= 0.6 is 0 Å². The topological polar surface area (TPSA) is 54.4 Å². The van der Waals surface area contributed by atoms with Gasteiger partial charge in [0.05, 0.1) is 11.1 Å². The van der Waals surface area contributed by atoms with Crippen LogP contribution < -0.4 is 5.32 Å². The number of pyridine rings is 1. The average molecular weight is 326 g/mol. The van der Waals surface area contributed by atoms with Gasteiger partial charge in [-0.25, -0.2) is 4.98 Å². The molecule has 1 fully saturated rings. The minimum atomic E-state index is -4.52. The number of para-hydroxylation sites is 1. The van der Waals surface area contributed by atoms with Gasteiger partial charge in [-0.1, -0.05) is 18.2 Å². The molecule has 4 nitrogen and oxygen atoms in total. The van der Waals surface area contributed by atoms with E-state index in [1.807, 2.05) is 0 Å². The van der Waals surface area contributed by atoms with Crippen molar-refractivity contribution in [3.63, 3.8) is 0 Å². The van der Waals surface area contributed by atoms with Crippen molar-refractivity contribution >= 4 is 16.6 Å². The van der Waals surface area contributed by atoms with E-state index in [0.29, 0.717) is 37.1 Å². The molecule has 7 heteroatoms. The highest BCUT2D eigenvalue weighted by molar-refractivity contribution is 5.91. The summed E-state index contributed by atoms with van der Waals surface area (Å²) in [5, 5.41) is 14.0. The van der Waals surface area contributed by atoms with Crippen molar-refractivity contribution in [1.82, 2.24) is 4.98 Å². The van der Waals surface area contributed by atoms with E-state index in [4.69, 9.17) is 4.74 Å². The molecule has 0 amide bonds. The van der Waals surface area contributed by atoms with Crippen LogP contribution in [0.2, 0.25) is 0 Å². The van der Waals surface area contributed by atoms with Crippen molar-refractivity contribution in [1.29, 1.82) is 0 Å². The van der Waals surface area contributed by atoms with Gasteiger partial charge >= 0.3 is 6.18 Å². The molecule has 2 heterocycles. The lowest BCUT2D eigenvalue weighted by atomic mass is 9.94. The third-order valence-electron chi connectivity index (χ3n) is 4.04. The minimum Gasteiger partial charge on any atom is -0.388 e. The zero-order valence-corrected chi connectivity index (χ0v) is 12.4. The summed E-state index contributed by atoms with van der Waals surface area (Å²) in [6.45, 7) is 1.06. The highest BCUT2D eigenvalue weighted by Gasteiger charge is 2.34. The molecule has 0 bridgehead atoms. The van der Waals surface area contributed by atoms with Crippen molar-refractivity contribution < 1.29 is 23.0 Å². The van der Waals surface area contributed by atoms with Crippen LogP contribution in [0, 0.1) is 0 Å². The van der Waals surface area contributed by atoms with Gasteiger partial charge in [0.15, 0.2) is 0 Å². The predicted molar refractivity (Wildman–Crippen MR) is 80.2 cm³/mol. The Balaban J connectivity index is 1.92. The normalized spacial score (nSPS) is 18.1. The lowest BCUT2D eigenvalue weighted by Crippen LogP contribution is -2.42. The lowest BCUT2D eigenvalue weighted by molar-refractivity contribution is -0.140. The largest absolute Gasteiger partial charge is 0.433 e. The van der Waals surface area contributed by atoms with Crippen molar-refractivity contribution in [3.8, 4) is 0 Å². The molecular formula is C16H17F3N2O2. The van der Waals surface area contributed by atoms with Gasteiger partial charge in [-0.3, -0.25) is 0 Å². The molecule has 1 aromatic carbocycles. The molecule has 1 aliphatic heterocycles. The van der Waals surface area contributed by atoms with Crippen LogP contribution in [-0.2, 0) is 10.9 Å². The number of aliphatic hydroxyl groups is 1. The van der Waals surface area contributed by atoms with E-state index >= 15 is 0 Å². The Hall–Kier alpha value is -1.86. The quantitative estimate of drug-likeness (QED) is 0.909. The van der Waals surface area contributed by atoms with Gasteiger partial charge in [-0.05, 0) is 12.1 Å². The number of benzene rings is 1. The molecule has 0 unspecified atom stereocenters. The van der Waals surface area contributed by atoms with Gasteiger partial charge < -0.3 is 15.2 Å². The minimum absolute atomic E-state index is 0.168. The summed E-state index contributed by atoms with van der Waals surface area (Å²) >= 11 is 0. The molecule has 2 aromatic rings. The Labute approximate surface area is 131 Å². The van der Waals surface area contributed by atoms with Crippen LogP contribution in [0.5, 0.6) is 0 Å². The number of hydrogen-bond acceptors (Lipinski definition) is 4. The fourth-order valence-electron chi connectivity index (χ4n) is 2.65. The Morgan fingerprint density at radius 2 is 1.91 bits per heavy atom. The van der Waals surface area contributed by atoms with Crippen LogP contribution in [0.15, 0.2) is 30.3 Å². The molecule has 1 saturated heterocycles. The predicted octanol–water partition coefficient (Wildman–Crippen LogP) is 3.21. The molecule has 1 aromatic heterocycles. The number of ether oxygens (including phenoxy) is 1. The summed E-state index contributed by atoms with van der Waals surface area (Å²) in [5.41, 5.74) is -1.33. The summed E-state index contributed by atoms with van der Waals surface area (Å²) in [5.74, 6) is 0. The highest BCUT2D eigenvalue weighted by atomic mass is 19.4. The summed E-state index contributed by atoms with van der Waals surface area (Å²) < 4.78 is 44.2. The second-order valence-corrected chi connectivity index (χ2v) is 5.76. The molecule has 3 rings (SSSR count). The first kappa shape index (κ1) is 16.0. The van der Waals surface area contributed by atoms with Gasteiger partial charge in [0, 0.05) is 43.7 Å². The maximum absolute atomic E-state index is 13.0. The van der Waals surface area contributed by atoms with Crippen LogP contribution in [0.1, 0.15) is 18.5 Å². The summed E-state index contributed by atoms with van der Waals surface area (Å²) in [6.07, 6.45) is -3.61. The van der Waals surface area contributed by atoms with Gasteiger partial charge in [0.1, 0.15) is 5.69 Å². The molecule has 0 atom stereocenters. The molecule has 0 aliphatic carbocycles. The number of fused-ring (bicyclic) bond motifs is 1. The fourth-order valence-corrected chi connectivity index (χ4v) is 2.65. The van der Waals surface area contributed by atoms with Crippen molar-refractivity contribution in [2.45, 2.75) is 24.6 Å². The summed E-state index contributed by atoms with van der Waals surface area (Å²) in [6, 6.07) is 7.62. The monoisotopic (exact) mass is 326 g/mol. The number of anilines is 1. The summed E-state index contributed by atoms with van der Waals surface area (Å²) in [4.78, 5) is 3.67. The number of halogens is 3. The zero-order chi connectivity index (χ0) is 16.5. The van der Waals surface area contributed by atoms with Gasteiger partial charge in [0.25, 0.3) is 0 Å². The Bertz CT molecular complexity index is 697. The molecule has 0 saturated carbocycles. The second-order valence-electron chi connectivity index (χ2n) is 5.76. The van der Waals surface area contributed by atoms with E-state index in [-0.39, 0.29) is 12.1 Å². The fraction of sp³-hybridized carbons (Fsp3) is 0.438. The van der Waals surface area contributed by atoms with Crippen molar-refractivity contribution in [2.24, 2.45) is 0 Å². The van der Waals surface area contributed by atoms with Crippen molar-refractivity contribution in [3.05, 3.63) is 36.0 Å². The van der Waals surface area contributed by atoms with Crippen LogP contribution in [0.4, 0.5) is 18.9 Å². The van der Waals surface area contributed by atoms with E-state index in [0.717, 1.165) is 6.07 Å². The molecule has 1 aliphatic rings. The number of nitrogens with one attached hydrogen (secondary N) is 1. The first-order valence-corrected chi connectivity index (χ1v) is 7.38. The van der Waals surface area contributed by atoms with Gasteiger partial charge in [-0.15, -0.1) is 0 Å². The van der Waals surface area contributed by atoms with E-state index < -0.39 is 17.5 Å². The Morgan fingerprint density at radius 3 is 2.61 bits per heavy atom. The molecule has 0 spiro atoms. The van der Waals surface area contributed by atoms with E-state index in [1.165, 1.54) is 0 Å². The first-order chi connectivity index (χ1) is 10.9. The second kappa shape index (κ2) is 5.98. The number of alkyl halides is 3. The van der Waals surface area contributed by atoms with Crippen LogP contribution in [0.3, 0.4) is 0 Å². The standard InChI is InChI=1S/C16H17F3N2O2/c17-16(18,19)14-9-13(11-3-1-2-4-12(11)21-14)20-10-15(22)5-7-23-8-6-15/h1-4,9,22H,5-8,10H2,(H,20,21). The summed E-state index contributed by atoms with van der Waals surface area (Å²) in [7, 11) is 0. The lowest BCUT2D eigenvalue weighted by Gasteiger charge is -2.32. The van der Waals surface area contributed by atoms with Gasteiger partial charge in [-0.2, -0.15) is 13.2 Å². The number of hydrogen-bond donors (Lipinski definition) is 2. The molecule has 124 valence electrons. The van der Waals surface area contributed by atoms with Crippen LogP contribution in [0.25, 0.3) is 10.9 Å². The van der Waals surface area contributed by atoms with Crippen molar-refractivity contribution in [2.75, 3.05) is 25.1 Å². The van der Waals surface area contributed by atoms with E-state index in [1.54, 1.807) is 24.3 Å². The van der Waals surface area contributed by atoms with Gasteiger partial charge in [0.2, 0.25) is 0 Å². The first-order valence-electron chi connectivity index (χ1n) is 7.38. The third-order valence-corrected chi connectivity index (χ3v) is 4.04. The SMILES string of the molecule is OC1(CNc2cc(C(F)(F)F)nc3ccccc23)CCOCC1. The number of rotatable bonds is 3. The number of aromatic nitrogens is 1. The number of nitrogens with zero attached hydrogens (tertiary/aromatic N) is 1. The molecular weight excluding hydrogens is 309 g/mol. The Kier molecular flexibility index (Phi) is 4.16.